The number of nitrogens with zero attached hydrogens (tertiary/aromatic N) is 2. The quantitative estimate of drug-likeness (QED) is 0.455. The molecule has 0 aliphatic heterocycles. The van der Waals surface area contributed by atoms with E-state index in [-0.39, 0.29) is 18.0 Å². The normalized spacial score (nSPS) is 10.6. The zero-order chi connectivity index (χ0) is 20.6. The first-order valence-electron chi connectivity index (χ1n) is 9.24. The van der Waals surface area contributed by atoms with Gasteiger partial charge in [0.05, 0.1) is 7.11 Å². The molecule has 1 aromatic heterocycles. The van der Waals surface area contributed by atoms with Gasteiger partial charge in [0.1, 0.15) is 12.3 Å². The van der Waals surface area contributed by atoms with Gasteiger partial charge in [-0.05, 0) is 31.0 Å². The SMILES string of the molecule is COc1cccc(NC(=O)Cn2c(SCCc3ccccc3)nc(C)cc2=O)c1. The Labute approximate surface area is 173 Å². The van der Waals surface area contributed by atoms with E-state index in [0.29, 0.717) is 22.3 Å². The third kappa shape index (κ3) is 5.96. The van der Waals surface area contributed by atoms with Gasteiger partial charge in [-0.25, -0.2) is 4.98 Å². The summed E-state index contributed by atoms with van der Waals surface area (Å²) in [5.41, 5.74) is 2.24. The molecule has 0 bridgehead atoms. The fourth-order valence-electron chi connectivity index (χ4n) is 2.80. The lowest BCUT2D eigenvalue weighted by Gasteiger charge is -2.13. The van der Waals surface area contributed by atoms with Gasteiger partial charge in [0.15, 0.2) is 5.16 Å². The average molecular weight is 410 g/mol. The van der Waals surface area contributed by atoms with E-state index in [0.717, 1.165) is 12.2 Å². The van der Waals surface area contributed by atoms with Crippen LogP contribution in [0.25, 0.3) is 0 Å². The molecule has 0 saturated heterocycles. The summed E-state index contributed by atoms with van der Waals surface area (Å²) in [5, 5.41) is 3.35. The number of carbonyl (C=O) groups excluding carboxylic acids is 1. The summed E-state index contributed by atoms with van der Waals surface area (Å²) in [4.78, 5) is 29.5. The molecule has 2 aromatic carbocycles. The van der Waals surface area contributed by atoms with Crippen molar-refractivity contribution in [1.82, 2.24) is 9.55 Å². The fourth-order valence-corrected chi connectivity index (χ4v) is 3.84. The average Bonchev–Trinajstić information content (AvgIpc) is 2.71. The van der Waals surface area contributed by atoms with Gasteiger partial charge in [-0.2, -0.15) is 0 Å². The molecule has 1 N–H and O–H groups in total. The highest BCUT2D eigenvalue weighted by Crippen LogP contribution is 2.18. The number of hydrogen-bond acceptors (Lipinski definition) is 5. The lowest BCUT2D eigenvalue weighted by Crippen LogP contribution is -2.29. The van der Waals surface area contributed by atoms with Gasteiger partial charge in [0.25, 0.3) is 5.56 Å². The van der Waals surface area contributed by atoms with Gasteiger partial charge in [0, 0.05) is 29.3 Å². The van der Waals surface area contributed by atoms with Crippen LogP contribution in [0.5, 0.6) is 5.75 Å². The molecule has 0 atom stereocenters. The summed E-state index contributed by atoms with van der Waals surface area (Å²) in [6.07, 6.45) is 0.853. The highest BCUT2D eigenvalue weighted by Gasteiger charge is 2.12. The molecule has 0 unspecified atom stereocenters. The molecule has 3 rings (SSSR count). The number of carbonyl (C=O) groups is 1. The number of anilines is 1. The van der Waals surface area contributed by atoms with E-state index in [2.05, 4.69) is 22.4 Å². The first-order chi connectivity index (χ1) is 14.0. The smallest absolute Gasteiger partial charge is 0.254 e. The second kappa shape index (κ2) is 9.93. The number of thioether (sulfide) groups is 1. The lowest BCUT2D eigenvalue weighted by molar-refractivity contribution is -0.116. The standard InChI is InChI=1S/C22H23N3O3S/c1-16-13-21(27)25(15-20(26)24-18-9-6-10-19(14-18)28-2)22(23-16)29-12-11-17-7-4-3-5-8-17/h3-10,13-14H,11-12,15H2,1-2H3,(H,24,26). The van der Waals surface area contributed by atoms with Gasteiger partial charge >= 0.3 is 0 Å². The minimum absolute atomic E-state index is 0.100. The molecule has 1 heterocycles. The van der Waals surface area contributed by atoms with Gasteiger partial charge in [-0.15, -0.1) is 0 Å². The number of ether oxygens (including phenoxy) is 1. The summed E-state index contributed by atoms with van der Waals surface area (Å²) in [5.74, 6) is 1.11. The number of aromatic nitrogens is 2. The van der Waals surface area contributed by atoms with Gasteiger partial charge in [0.2, 0.25) is 5.91 Å². The van der Waals surface area contributed by atoms with E-state index >= 15 is 0 Å². The molecule has 0 aliphatic rings. The molecule has 29 heavy (non-hydrogen) atoms. The first-order valence-corrected chi connectivity index (χ1v) is 10.2. The van der Waals surface area contributed by atoms with Gasteiger partial charge in [-0.1, -0.05) is 48.2 Å². The number of aryl methyl sites for hydroxylation is 2. The minimum Gasteiger partial charge on any atom is -0.497 e. The Bertz CT molecular complexity index is 1030. The van der Waals surface area contributed by atoms with Crippen molar-refractivity contribution in [2.45, 2.75) is 25.0 Å². The predicted octanol–water partition coefficient (Wildman–Crippen LogP) is 3.53. The molecule has 0 aliphatic carbocycles. The number of hydrogen-bond donors (Lipinski definition) is 1. The third-order valence-corrected chi connectivity index (χ3v) is 5.20. The number of nitrogens with one attached hydrogen (secondary N) is 1. The zero-order valence-electron chi connectivity index (χ0n) is 16.4. The van der Waals surface area contributed by atoms with Crippen molar-refractivity contribution in [3.05, 3.63) is 82.3 Å². The van der Waals surface area contributed by atoms with Crippen LogP contribution in [-0.2, 0) is 17.8 Å². The van der Waals surface area contributed by atoms with E-state index in [4.69, 9.17) is 4.74 Å². The van der Waals surface area contributed by atoms with E-state index in [1.807, 2.05) is 18.2 Å². The van der Waals surface area contributed by atoms with Crippen molar-refractivity contribution in [3.63, 3.8) is 0 Å². The fraction of sp³-hybridized carbons (Fsp3) is 0.227. The third-order valence-electron chi connectivity index (χ3n) is 4.22. The second-order valence-corrected chi connectivity index (χ2v) is 7.53. The summed E-state index contributed by atoms with van der Waals surface area (Å²) in [7, 11) is 1.57. The van der Waals surface area contributed by atoms with Crippen molar-refractivity contribution < 1.29 is 9.53 Å². The molecule has 7 heteroatoms. The van der Waals surface area contributed by atoms with E-state index in [1.54, 1.807) is 38.3 Å². The van der Waals surface area contributed by atoms with Crippen LogP contribution in [0, 0.1) is 6.92 Å². The largest absolute Gasteiger partial charge is 0.497 e. The van der Waals surface area contributed by atoms with Crippen LogP contribution in [0.3, 0.4) is 0 Å². The molecule has 0 saturated carbocycles. The Morgan fingerprint density at radius 3 is 2.69 bits per heavy atom. The van der Waals surface area contributed by atoms with Crippen molar-refractivity contribution in [2.24, 2.45) is 0 Å². The summed E-state index contributed by atoms with van der Waals surface area (Å²) in [6.45, 7) is 1.68. The lowest BCUT2D eigenvalue weighted by atomic mass is 10.2. The summed E-state index contributed by atoms with van der Waals surface area (Å²) < 4.78 is 6.58. The van der Waals surface area contributed by atoms with Crippen molar-refractivity contribution in [2.75, 3.05) is 18.2 Å². The Kier molecular flexibility index (Phi) is 7.08. The van der Waals surface area contributed by atoms with Crippen LogP contribution >= 0.6 is 11.8 Å². The number of rotatable bonds is 8. The Morgan fingerprint density at radius 2 is 1.93 bits per heavy atom. The number of benzene rings is 2. The minimum atomic E-state index is -0.295. The van der Waals surface area contributed by atoms with Crippen molar-refractivity contribution >= 4 is 23.4 Å². The summed E-state index contributed by atoms with van der Waals surface area (Å²) >= 11 is 1.48. The zero-order valence-corrected chi connectivity index (χ0v) is 17.2. The van der Waals surface area contributed by atoms with Crippen LogP contribution in [0.1, 0.15) is 11.3 Å². The molecule has 3 aromatic rings. The molecular weight excluding hydrogens is 386 g/mol. The van der Waals surface area contributed by atoms with Gasteiger partial charge < -0.3 is 10.1 Å². The van der Waals surface area contributed by atoms with E-state index in [1.165, 1.54) is 28.0 Å². The monoisotopic (exact) mass is 409 g/mol. The predicted molar refractivity (Wildman–Crippen MR) is 116 cm³/mol. The highest BCUT2D eigenvalue weighted by molar-refractivity contribution is 7.99. The van der Waals surface area contributed by atoms with Gasteiger partial charge in [-0.3, -0.25) is 14.2 Å². The molecule has 0 spiro atoms. The van der Waals surface area contributed by atoms with E-state index < -0.39 is 0 Å². The highest BCUT2D eigenvalue weighted by atomic mass is 32.2. The van der Waals surface area contributed by atoms with E-state index in [9.17, 15) is 9.59 Å². The summed E-state index contributed by atoms with van der Waals surface area (Å²) in [6, 6.07) is 18.7. The Balaban J connectivity index is 1.70. The molecule has 150 valence electrons. The maximum absolute atomic E-state index is 12.5. The Hall–Kier alpha value is -3.06. The van der Waals surface area contributed by atoms with Crippen molar-refractivity contribution in [1.29, 1.82) is 0 Å². The topological polar surface area (TPSA) is 73.2 Å². The van der Waals surface area contributed by atoms with Crippen LogP contribution in [0.15, 0.2) is 70.6 Å². The van der Waals surface area contributed by atoms with Crippen molar-refractivity contribution in [3.8, 4) is 5.75 Å². The van der Waals surface area contributed by atoms with Crippen LogP contribution in [-0.4, -0.2) is 28.3 Å². The first kappa shape index (κ1) is 20.7. The number of methoxy groups -OCH3 is 1. The number of amides is 1. The van der Waals surface area contributed by atoms with Crippen LogP contribution in [0.4, 0.5) is 5.69 Å². The molecule has 0 radical (unpaired) electrons. The Morgan fingerprint density at radius 1 is 1.14 bits per heavy atom. The maximum atomic E-state index is 12.5. The maximum Gasteiger partial charge on any atom is 0.254 e. The second-order valence-electron chi connectivity index (χ2n) is 6.47. The molecule has 1 amide bonds. The molecular formula is C22H23N3O3S. The molecule has 6 nitrogen and oxygen atoms in total. The van der Waals surface area contributed by atoms with Crippen LogP contribution < -0.4 is 15.6 Å². The van der Waals surface area contributed by atoms with Crippen LogP contribution in [0.2, 0.25) is 0 Å². The molecule has 0 fully saturated rings.